The van der Waals surface area contributed by atoms with Crippen LogP contribution in [0.4, 0.5) is 10.5 Å². The Morgan fingerprint density at radius 2 is 2.20 bits per heavy atom. The summed E-state index contributed by atoms with van der Waals surface area (Å²) in [5.74, 6) is -0.401. The number of hydrogen-bond donors (Lipinski definition) is 2. The SMILES string of the molecule is C[C@@H]1CCCC[C@]12NC(=O)N(CC(=O)N1CCCc3[nH]ncc31)C2=O. The Bertz CT molecular complexity index is 730. The minimum Gasteiger partial charge on any atom is -0.323 e. The predicted molar refractivity (Wildman–Crippen MR) is 89.9 cm³/mol. The van der Waals surface area contributed by atoms with E-state index in [-0.39, 0.29) is 24.3 Å². The van der Waals surface area contributed by atoms with Crippen molar-refractivity contribution < 1.29 is 14.4 Å². The summed E-state index contributed by atoms with van der Waals surface area (Å²) in [6.07, 6.45) is 6.87. The van der Waals surface area contributed by atoms with Crippen LogP contribution in [0.5, 0.6) is 0 Å². The molecule has 4 rings (SSSR count). The number of H-pyrrole nitrogens is 1. The number of amides is 4. The number of nitrogens with zero attached hydrogens (tertiary/aromatic N) is 3. The lowest BCUT2D eigenvalue weighted by molar-refractivity contribution is -0.136. The van der Waals surface area contributed by atoms with E-state index >= 15 is 0 Å². The molecule has 1 aromatic rings. The third kappa shape index (κ3) is 2.42. The summed E-state index contributed by atoms with van der Waals surface area (Å²) in [6, 6.07) is -0.448. The number of rotatable bonds is 2. The first-order valence-electron chi connectivity index (χ1n) is 8.99. The number of hydrogen-bond acceptors (Lipinski definition) is 4. The van der Waals surface area contributed by atoms with Crippen molar-refractivity contribution in [2.75, 3.05) is 18.0 Å². The summed E-state index contributed by atoms with van der Waals surface area (Å²) in [4.78, 5) is 40.9. The minimum atomic E-state index is -0.821. The molecule has 8 nitrogen and oxygen atoms in total. The van der Waals surface area contributed by atoms with E-state index in [4.69, 9.17) is 0 Å². The molecule has 2 atom stereocenters. The fourth-order valence-electron chi connectivity index (χ4n) is 4.38. The van der Waals surface area contributed by atoms with Crippen LogP contribution in [0.15, 0.2) is 6.20 Å². The van der Waals surface area contributed by atoms with Crippen molar-refractivity contribution in [3.8, 4) is 0 Å². The van der Waals surface area contributed by atoms with Crippen molar-refractivity contribution >= 4 is 23.5 Å². The van der Waals surface area contributed by atoms with E-state index in [1.165, 1.54) is 0 Å². The highest BCUT2D eigenvalue weighted by molar-refractivity contribution is 6.10. The van der Waals surface area contributed by atoms with Crippen molar-refractivity contribution in [2.24, 2.45) is 5.92 Å². The van der Waals surface area contributed by atoms with Gasteiger partial charge in [-0.2, -0.15) is 5.10 Å². The number of anilines is 1. The molecule has 4 amide bonds. The third-order valence-corrected chi connectivity index (χ3v) is 5.89. The van der Waals surface area contributed by atoms with Crippen molar-refractivity contribution in [2.45, 2.75) is 51.0 Å². The van der Waals surface area contributed by atoms with E-state index in [1.54, 1.807) is 11.1 Å². The number of carbonyl (C=O) groups is 3. The smallest absolute Gasteiger partial charge is 0.323 e. The molecule has 0 radical (unpaired) electrons. The quantitative estimate of drug-likeness (QED) is 0.787. The lowest BCUT2D eigenvalue weighted by Crippen LogP contribution is -2.54. The van der Waals surface area contributed by atoms with Gasteiger partial charge in [-0.15, -0.1) is 0 Å². The predicted octanol–water partition coefficient (Wildman–Crippen LogP) is 1.19. The lowest BCUT2D eigenvalue weighted by atomic mass is 9.73. The zero-order valence-electron chi connectivity index (χ0n) is 14.4. The highest BCUT2D eigenvalue weighted by Gasteiger charge is 2.55. The molecule has 0 bridgehead atoms. The fraction of sp³-hybridized carbons (Fsp3) is 0.647. The number of carbonyl (C=O) groups excluding carboxylic acids is 3. The molecule has 1 spiro atoms. The first-order valence-corrected chi connectivity index (χ1v) is 8.99. The van der Waals surface area contributed by atoms with Crippen LogP contribution in [0.3, 0.4) is 0 Å². The summed E-state index contributed by atoms with van der Waals surface area (Å²) in [5.41, 5.74) is 0.858. The number of aryl methyl sites for hydroxylation is 1. The standard InChI is InChI=1S/C17H23N5O3/c1-11-5-2-3-7-17(11)15(24)22(16(25)19-17)10-14(23)21-8-4-6-12-13(21)9-18-20-12/h9,11H,2-8,10H2,1H3,(H,18,20)(H,19,25)/t11-,17+/m1/s1. The van der Waals surface area contributed by atoms with Gasteiger partial charge in [-0.25, -0.2) is 4.79 Å². The van der Waals surface area contributed by atoms with E-state index < -0.39 is 11.6 Å². The van der Waals surface area contributed by atoms with Gasteiger partial charge in [0.2, 0.25) is 5.91 Å². The Hall–Kier alpha value is -2.38. The van der Waals surface area contributed by atoms with Gasteiger partial charge in [0.05, 0.1) is 17.6 Å². The number of aromatic amines is 1. The molecule has 1 saturated heterocycles. The second kappa shape index (κ2) is 5.86. The van der Waals surface area contributed by atoms with Gasteiger partial charge < -0.3 is 10.2 Å². The van der Waals surface area contributed by atoms with Gasteiger partial charge in [-0.1, -0.05) is 19.8 Å². The van der Waals surface area contributed by atoms with E-state index in [9.17, 15) is 14.4 Å². The van der Waals surface area contributed by atoms with Crippen LogP contribution in [0, 0.1) is 5.92 Å². The van der Waals surface area contributed by atoms with Crippen LogP contribution in [0.25, 0.3) is 0 Å². The van der Waals surface area contributed by atoms with E-state index in [1.807, 2.05) is 6.92 Å². The Morgan fingerprint density at radius 1 is 1.36 bits per heavy atom. The topological polar surface area (TPSA) is 98.4 Å². The van der Waals surface area contributed by atoms with Crippen LogP contribution >= 0.6 is 0 Å². The summed E-state index contributed by atoms with van der Waals surface area (Å²) in [6.45, 7) is 2.37. The summed E-state index contributed by atoms with van der Waals surface area (Å²) < 4.78 is 0. The molecule has 3 heterocycles. The second-order valence-electron chi connectivity index (χ2n) is 7.32. The summed E-state index contributed by atoms with van der Waals surface area (Å²) in [7, 11) is 0. The van der Waals surface area contributed by atoms with E-state index in [0.717, 1.165) is 48.4 Å². The molecule has 2 fully saturated rings. The molecule has 1 saturated carbocycles. The van der Waals surface area contributed by atoms with Gasteiger partial charge in [-0.05, 0) is 31.6 Å². The molecular formula is C17H23N5O3. The maximum Gasteiger partial charge on any atom is 0.325 e. The normalized spacial score (nSPS) is 29.1. The van der Waals surface area contributed by atoms with E-state index in [2.05, 4.69) is 15.5 Å². The summed E-state index contributed by atoms with van der Waals surface area (Å²) >= 11 is 0. The van der Waals surface area contributed by atoms with Crippen molar-refractivity contribution in [1.82, 2.24) is 20.4 Å². The molecular weight excluding hydrogens is 322 g/mol. The number of aromatic nitrogens is 2. The van der Waals surface area contributed by atoms with Gasteiger partial charge >= 0.3 is 6.03 Å². The van der Waals surface area contributed by atoms with Crippen LogP contribution in [-0.4, -0.2) is 51.6 Å². The number of nitrogens with one attached hydrogen (secondary N) is 2. The average molecular weight is 345 g/mol. The van der Waals surface area contributed by atoms with Crippen LogP contribution in [-0.2, 0) is 16.0 Å². The molecule has 1 aromatic heterocycles. The van der Waals surface area contributed by atoms with Crippen molar-refractivity contribution in [1.29, 1.82) is 0 Å². The van der Waals surface area contributed by atoms with Gasteiger partial charge in [0.25, 0.3) is 5.91 Å². The van der Waals surface area contributed by atoms with Crippen LogP contribution in [0.1, 0.15) is 44.7 Å². The number of urea groups is 1. The molecule has 8 heteroatoms. The van der Waals surface area contributed by atoms with Gasteiger partial charge in [0.1, 0.15) is 12.1 Å². The summed E-state index contributed by atoms with van der Waals surface area (Å²) in [5, 5.41) is 9.79. The molecule has 3 aliphatic rings. The zero-order valence-corrected chi connectivity index (χ0v) is 14.4. The maximum absolute atomic E-state index is 13.0. The molecule has 0 unspecified atom stereocenters. The molecule has 2 aliphatic heterocycles. The number of fused-ring (bicyclic) bond motifs is 1. The highest BCUT2D eigenvalue weighted by atomic mass is 16.2. The maximum atomic E-state index is 13.0. The molecule has 25 heavy (non-hydrogen) atoms. The molecule has 134 valence electrons. The van der Waals surface area contributed by atoms with Crippen molar-refractivity contribution in [3.05, 3.63) is 11.9 Å². The first-order chi connectivity index (χ1) is 12.0. The Labute approximate surface area is 145 Å². The lowest BCUT2D eigenvalue weighted by Gasteiger charge is -2.37. The van der Waals surface area contributed by atoms with Crippen molar-refractivity contribution in [3.63, 3.8) is 0 Å². The first kappa shape index (κ1) is 16.1. The average Bonchev–Trinajstić information content (AvgIpc) is 3.17. The zero-order chi connectivity index (χ0) is 17.6. The third-order valence-electron chi connectivity index (χ3n) is 5.89. The fourth-order valence-corrected chi connectivity index (χ4v) is 4.38. The van der Waals surface area contributed by atoms with Crippen LogP contribution < -0.4 is 10.2 Å². The second-order valence-corrected chi connectivity index (χ2v) is 7.32. The molecule has 0 aromatic carbocycles. The molecule has 2 N–H and O–H groups in total. The van der Waals surface area contributed by atoms with Gasteiger partial charge in [-0.3, -0.25) is 19.6 Å². The van der Waals surface area contributed by atoms with E-state index in [0.29, 0.717) is 13.0 Å². The minimum absolute atomic E-state index is 0.0910. The Balaban J connectivity index is 1.53. The van der Waals surface area contributed by atoms with Crippen LogP contribution in [0.2, 0.25) is 0 Å². The monoisotopic (exact) mass is 345 g/mol. The highest BCUT2D eigenvalue weighted by Crippen LogP contribution is 2.38. The molecule has 1 aliphatic carbocycles. The van der Waals surface area contributed by atoms with Gasteiger partial charge in [0.15, 0.2) is 0 Å². The number of imide groups is 1. The van der Waals surface area contributed by atoms with Gasteiger partial charge in [0, 0.05) is 6.54 Å². The Kier molecular flexibility index (Phi) is 3.77. The Morgan fingerprint density at radius 3 is 3.00 bits per heavy atom. The largest absolute Gasteiger partial charge is 0.325 e.